The smallest absolute Gasteiger partial charge is 0.246 e. The average Bonchev–Trinajstić information content (AvgIpc) is 2.27. The summed E-state index contributed by atoms with van der Waals surface area (Å²) in [5.41, 5.74) is -0.258. The topological polar surface area (TPSA) is 49.4 Å². The van der Waals surface area contributed by atoms with Gasteiger partial charge in [0.15, 0.2) is 0 Å². The fraction of sp³-hybridized carbons (Fsp3) is 0.867. The molecule has 19 heavy (non-hydrogen) atoms. The van der Waals surface area contributed by atoms with Gasteiger partial charge in [-0.1, -0.05) is 41.5 Å². The van der Waals surface area contributed by atoms with Crippen molar-refractivity contribution in [2.75, 3.05) is 6.54 Å². The minimum Gasteiger partial charge on any atom is -0.342 e. The molecule has 110 valence electrons. The van der Waals surface area contributed by atoms with Gasteiger partial charge in [0, 0.05) is 6.54 Å². The number of nitrogens with zero attached hydrogens (tertiary/aromatic N) is 1. The van der Waals surface area contributed by atoms with Gasteiger partial charge in [0.1, 0.15) is 12.1 Å². The molecule has 0 radical (unpaired) electrons. The Balaban J connectivity index is 2.94. The second-order valence-electron chi connectivity index (χ2n) is 7.20. The van der Waals surface area contributed by atoms with Crippen LogP contribution in [-0.4, -0.2) is 35.3 Å². The third-order valence-electron chi connectivity index (χ3n) is 4.15. The van der Waals surface area contributed by atoms with E-state index in [0.717, 1.165) is 0 Å². The van der Waals surface area contributed by atoms with E-state index in [1.54, 1.807) is 11.8 Å². The van der Waals surface area contributed by atoms with Crippen LogP contribution < -0.4 is 5.32 Å². The van der Waals surface area contributed by atoms with Gasteiger partial charge < -0.3 is 10.2 Å². The molecule has 4 heteroatoms. The molecule has 3 atom stereocenters. The molecule has 1 N–H and O–H groups in total. The maximum absolute atomic E-state index is 12.6. The molecule has 1 aliphatic heterocycles. The maximum Gasteiger partial charge on any atom is 0.246 e. The molecule has 1 rings (SSSR count). The summed E-state index contributed by atoms with van der Waals surface area (Å²) in [6.45, 7) is 14.8. The zero-order valence-electron chi connectivity index (χ0n) is 13.3. The lowest BCUT2D eigenvalue weighted by molar-refractivity contribution is -0.152. The predicted molar refractivity (Wildman–Crippen MR) is 76.6 cm³/mol. The van der Waals surface area contributed by atoms with Gasteiger partial charge in [-0.25, -0.2) is 0 Å². The second kappa shape index (κ2) is 5.51. The fourth-order valence-corrected chi connectivity index (χ4v) is 2.18. The molecule has 0 spiro atoms. The van der Waals surface area contributed by atoms with E-state index < -0.39 is 6.04 Å². The first-order chi connectivity index (χ1) is 8.55. The lowest BCUT2D eigenvalue weighted by atomic mass is 9.83. The lowest BCUT2D eigenvalue weighted by Crippen LogP contribution is -2.66. The van der Waals surface area contributed by atoms with Crippen molar-refractivity contribution in [2.24, 2.45) is 17.3 Å². The number of carbonyl (C=O) groups is 2. The first kappa shape index (κ1) is 16.0. The molecule has 0 bridgehead atoms. The van der Waals surface area contributed by atoms with Crippen molar-refractivity contribution in [3.63, 3.8) is 0 Å². The molecule has 1 heterocycles. The van der Waals surface area contributed by atoms with E-state index in [0.29, 0.717) is 18.4 Å². The fourth-order valence-electron chi connectivity index (χ4n) is 2.18. The number of amides is 2. The summed E-state index contributed by atoms with van der Waals surface area (Å²) >= 11 is 0. The molecule has 4 nitrogen and oxygen atoms in total. The Labute approximate surface area is 116 Å². The van der Waals surface area contributed by atoms with Gasteiger partial charge in [-0.2, -0.15) is 0 Å². The summed E-state index contributed by atoms with van der Waals surface area (Å²) in [4.78, 5) is 26.4. The van der Waals surface area contributed by atoms with Crippen LogP contribution in [0.5, 0.6) is 0 Å². The first-order valence-electron chi connectivity index (χ1n) is 7.16. The van der Waals surface area contributed by atoms with Gasteiger partial charge in [0.2, 0.25) is 11.8 Å². The molecule has 3 unspecified atom stereocenters. The zero-order valence-corrected chi connectivity index (χ0v) is 13.3. The van der Waals surface area contributed by atoms with Crippen molar-refractivity contribution in [2.45, 2.75) is 60.5 Å². The molecule has 0 aromatic carbocycles. The van der Waals surface area contributed by atoms with E-state index in [1.165, 1.54) is 0 Å². The summed E-state index contributed by atoms with van der Waals surface area (Å²) in [7, 11) is 0. The van der Waals surface area contributed by atoms with Crippen molar-refractivity contribution in [3.8, 4) is 0 Å². The number of nitrogens with one attached hydrogen (secondary N) is 1. The van der Waals surface area contributed by atoms with Crippen molar-refractivity contribution < 1.29 is 9.59 Å². The number of carbonyl (C=O) groups excluding carboxylic acids is 2. The molecular formula is C15H28N2O2. The van der Waals surface area contributed by atoms with Crippen molar-refractivity contribution >= 4 is 11.8 Å². The van der Waals surface area contributed by atoms with E-state index in [2.05, 4.69) is 26.1 Å². The predicted octanol–water partition coefficient (Wildman–Crippen LogP) is 2.04. The zero-order chi connectivity index (χ0) is 15.0. The highest BCUT2D eigenvalue weighted by molar-refractivity contribution is 5.97. The van der Waals surface area contributed by atoms with Crippen LogP contribution in [0.2, 0.25) is 0 Å². The van der Waals surface area contributed by atoms with E-state index in [4.69, 9.17) is 0 Å². The Bertz CT molecular complexity index is 358. The quantitative estimate of drug-likeness (QED) is 0.851. The molecule has 0 saturated carbocycles. The monoisotopic (exact) mass is 268 g/mol. The largest absolute Gasteiger partial charge is 0.342 e. The summed E-state index contributed by atoms with van der Waals surface area (Å²) in [5.74, 6) is 0.888. The van der Waals surface area contributed by atoms with E-state index >= 15 is 0 Å². The van der Waals surface area contributed by atoms with E-state index in [1.807, 2.05) is 20.8 Å². The summed E-state index contributed by atoms with van der Waals surface area (Å²) in [6, 6.07) is -0.789. The minimum absolute atomic E-state index is 0.0459. The van der Waals surface area contributed by atoms with Gasteiger partial charge in [-0.15, -0.1) is 0 Å². The molecule has 1 aliphatic rings. The number of piperazine rings is 1. The summed E-state index contributed by atoms with van der Waals surface area (Å²) < 4.78 is 0. The second-order valence-corrected chi connectivity index (χ2v) is 7.20. The van der Waals surface area contributed by atoms with Crippen LogP contribution in [0.4, 0.5) is 0 Å². The molecule has 1 saturated heterocycles. The lowest BCUT2D eigenvalue weighted by Gasteiger charge is -2.43. The number of hydrogen-bond donors (Lipinski definition) is 1. The Morgan fingerprint density at radius 1 is 1.21 bits per heavy atom. The van der Waals surface area contributed by atoms with Crippen molar-refractivity contribution in [1.82, 2.24) is 10.2 Å². The maximum atomic E-state index is 12.6. The molecule has 1 fully saturated rings. The van der Waals surface area contributed by atoms with Crippen LogP contribution in [0.3, 0.4) is 0 Å². The van der Waals surface area contributed by atoms with Gasteiger partial charge in [-0.05, 0) is 24.2 Å². The van der Waals surface area contributed by atoms with Gasteiger partial charge in [0.05, 0.1) is 0 Å². The van der Waals surface area contributed by atoms with Crippen LogP contribution in [-0.2, 0) is 9.59 Å². The van der Waals surface area contributed by atoms with Crippen LogP contribution in [0, 0.1) is 17.3 Å². The summed E-state index contributed by atoms with van der Waals surface area (Å²) in [6.07, 6.45) is 0. The highest BCUT2D eigenvalue weighted by Crippen LogP contribution is 2.26. The third-order valence-corrected chi connectivity index (χ3v) is 4.15. The minimum atomic E-state index is -0.421. The number of rotatable bonds is 3. The van der Waals surface area contributed by atoms with Crippen LogP contribution >= 0.6 is 0 Å². The Morgan fingerprint density at radius 3 is 2.16 bits per heavy atom. The molecular weight excluding hydrogens is 240 g/mol. The first-order valence-corrected chi connectivity index (χ1v) is 7.16. The van der Waals surface area contributed by atoms with Crippen molar-refractivity contribution in [3.05, 3.63) is 0 Å². The highest BCUT2D eigenvalue weighted by Gasteiger charge is 2.43. The van der Waals surface area contributed by atoms with Crippen LogP contribution in [0.25, 0.3) is 0 Å². The van der Waals surface area contributed by atoms with Crippen LogP contribution in [0.1, 0.15) is 48.5 Å². The summed E-state index contributed by atoms with van der Waals surface area (Å²) in [5, 5.41) is 2.86. The van der Waals surface area contributed by atoms with E-state index in [9.17, 15) is 9.59 Å². The van der Waals surface area contributed by atoms with Gasteiger partial charge >= 0.3 is 0 Å². The van der Waals surface area contributed by atoms with Gasteiger partial charge in [-0.3, -0.25) is 9.59 Å². The molecule has 0 aromatic heterocycles. The molecule has 2 amide bonds. The normalized spacial score (nSPS) is 26.6. The van der Waals surface area contributed by atoms with Gasteiger partial charge in [0.25, 0.3) is 0 Å². The molecule has 0 aromatic rings. The Morgan fingerprint density at radius 2 is 1.74 bits per heavy atom. The SMILES string of the molecule is CC(C)C(C)CN1C(=O)C(C(C)(C)C)NC(=O)C1C. The molecule has 0 aliphatic carbocycles. The Kier molecular flexibility index (Phi) is 4.64. The average molecular weight is 268 g/mol. The third kappa shape index (κ3) is 3.48. The highest BCUT2D eigenvalue weighted by atomic mass is 16.2. The van der Waals surface area contributed by atoms with Crippen LogP contribution in [0.15, 0.2) is 0 Å². The Hall–Kier alpha value is -1.06. The van der Waals surface area contributed by atoms with E-state index in [-0.39, 0.29) is 23.3 Å². The van der Waals surface area contributed by atoms with Crippen molar-refractivity contribution in [1.29, 1.82) is 0 Å². The number of hydrogen-bond acceptors (Lipinski definition) is 2. The standard InChI is InChI=1S/C15H28N2O2/c1-9(2)10(3)8-17-11(4)13(18)16-12(14(17)19)15(5,6)7/h9-12H,8H2,1-7H3,(H,16,18).